The van der Waals surface area contributed by atoms with Crippen molar-refractivity contribution in [3.63, 3.8) is 0 Å². The van der Waals surface area contributed by atoms with Crippen LogP contribution in [0, 0.1) is 0 Å². The number of nitrogens with zero attached hydrogens (tertiary/aromatic N) is 1. The van der Waals surface area contributed by atoms with Crippen LogP contribution in [0.1, 0.15) is 17.3 Å². The number of ether oxygens (including phenoxy) is 1. The number of para-hydroxylation sites is 1. The lowest BCUT2D eigenvalue weighted by Crippen LogP contribution is -2.30. The van der Waals surface area contributed by atoms with Crippen LogP contribution in [0.4, 0.5) is 5.69 Å². The number of hydrogen-bond donors (Lipinski definition) is 2. The Balaban J connectivity index is 2.00. The molecule has 108 valence electrons. The molecule has 2 N–H and O–H groups in total. The highest BCUT2D eigenvalue weighted by atomic mass is 16.5. The first-order valence-electron chi connectivity index (χ1n) is 6.27. The van der Waals surface area contributed by atoms with Crippen molar-refractivity contribution < 1.29 is 19.4 Å². The molecule has 21 heavy (non-hydrogen) atoms. The number of benzene rings is 1. The third kappa shape index (κ3) is 4.04. The minimum Gasteiger partial charge on any atom is -0.481 e. The Morgan fingerprint density at radius 3 is 2.62 bits per heavy atom. The first-order valence-corrected chi connectivity index (χ1v) is 6.27. The van der Waals surface area contributed by atoms with Crippen LogP contribution in [0.25, 0.3) is 0 Å². The number of aromatic carboxylic acids is 1. The Bertz CT molecular complexity index is 643. The summed E-state index contributed by atoms with van der Waals surface area (Å²) < 4.78 is 5.48. The molecule has 6 nitrogen and oxygen atoms in total. The van der Waals surface area contributed by atoms with Gasteiger partial charge in [-0.15, -0.1) is 0 Å². The quantitative estimate of drug-likeness (QED) is 0.879. The van der Waals surface area contributed by atoms with E-state index in [4.69, 9.17) is 9.84 Å². The van der Waals surface area contributed by atoms with Gasteiger partial charge in [0.15, 0.2) is 6.10 Å². The highest BCUT2D eigenvalue weighted by Crippen LogP contribution is 2.13. The largest absolute Gasteiger partial charge is 0.481 e. The van der Waals surface area contributed by atoms with Gasteiger partial charge in [-0.2, -0.15) is 0 Å². The number of anilines is 1. The summed E-state index contributed by atoms with van der Waals surface area (Å²) in [6.45, 7) is 1.61. The fourth-order valence-electron chi connectivity index (χ4n) is 1.63. The standard InChI is InChI=1S/C15H14N2O4/c1-10(21-13-5-3-2-4-6-13)14(18)17-12-7-11(15(19)20)8-16-9-12/h2-10H,1H3,(H,17,18)(H,19,20). The van der Waals surface area contributed by atoms with E-state index in [-0.39, 0.29) is 11.5 Å². The SMILES string of the molecule is CC(Oc1ccccc1)C(=O)Nc1cncc(C(=O)O)c1. The second kappa shape index (κ2) is 6.51. The number of carboxylic acid groups (broad SMARTS) is 1. The van der Waals surface area contributed by atoms with Gasteiger partial charge in [0.25, 0.3) is 5.91 Å². The van der Waals surface area contributed by atoms with Crippen LogP contribution in [0.15, 0.2) is 48.8 Å². The average molecular weight is 286 g/mol. The van der Waals surface area contributed by atoms with Gasteiger partial charge in [0.2, 0.25) is 0 Å². The second-order valence-corrected chi connectivity index (χ2v) is 4.33. The minimum atomic E-state index is -1.10. The predicted molar refractivity (Wildman–Crippen MR) is 76.4 cm³/mol. The maximum absolute atomic E-state index is 12.0. The van der Waals surface area contributed by atoms with Gasteiger partial charge in [-0.3, -0.25) is 9.78 Å². The molecule has 1 amide bonds. The van der Waals surface area contributed by atoms with Crippen molar-refractivity contribution >= 4 is 17.6 Å². The van der Waals surface area contributed by atoms with Crippen molar-refractivity contribution in [1.82, 2.24) is 4.98 Å². The smallest absolute Gasteiger partial charge is 0.337 e. The molecule has 1 heterocycles. The molecule has 1 aromatic carbocycles. The van der Waals surface area contributed by atoms with E-state index in [9.17, 15) is 9.59 Å². The van der Waals surface area contributed by atoms with E-state index in [1.54, 1.807) is 31.2 Å². The third-order valence-electron chi connectivity index (χ3n) is 2.68. The zero-order valence-electron chi connectivity index (χ0n) is 11.3. The van der Waals surface area contributed by atoms with E-state index in [2.05, 4.69) is 10.3 Å². The Morgan fingerprint density at radius 1 is 1.24 bits per heavy atom. The normalized spacial score (nSPS) is 11.5. The van der Waals surface area contributed by atoms with Crippen LogP contribution in [-0.2, 0) is 4.79 Å². The Kier molecular flexibility index (Phi) is 4.50. The number of nitrogens with one attached hydrogen (secondary N) is 1. The highest BCUT2D eigenvalue weighted by Gasteiger charge is 2.15. The zero-order chi connectivity index (χ0) is 15.2. The van der Waals surface area contributed by atoms with Crippen LogP contribution in [0.2, 0.25) is 0 Å². The molecule has 1 atom stereocenters. The topological polar surface area (TPSA) is 88.5 Å². The van der Waals surface area contributed by atoms with E-state index >= 15 is 0 Å². The van der Waals surface area contributed by atoms with Crippen molar-refractivity contribution in [2.75, 3.05) is 5.32 Å². The number of rotatable bonds is 5. The fraction of sp³-hybridized carbons (Fsp3) is 0.133. The fourth-order valence-corrected chi connectivity index (χ4v) is 1.63. The van der Waals surface area contributed by atoms with Crippen LogP contribution < -0.4 is 10.1 Å². The first-order chi connectivity index (χ1) is 10.1. The lowest BCUT2D eigenvalue weighted by atomic mass is 10.2. The molecular formula is C15H14N2O4. The highest BCUT2D eigenvalue weighted by molar-refractivity contribution is 5.95. The maximum Gasteiger partial charge on any atom is 0.337 e. The van der Waals surface area contributed by atoms with E-state index in [0.717, 1.165) is 0 Å². The first kappa shape index (κ1) is 14.5. The minimum absolute atomic E-state index is 0.00410. The molecule has 6 heteroatoms. The van der Waals surface area contributed by atoms with Crippen LogP contribution in [0.3, 0.4) is 0 Å². The molecule has 0 radical (unpaired) electrons. The number of pyridine rings is 1. The van der Waals surface area contributed by atoms with Gasteiger partial charge in [-0.05, 0) is 25.1 Å². The van der Waals surface area contributed by atoms with Crippen molar-refractivity contribution in [2.24, 2.45) is 0 Å². The number of hydrogen-bond acceptors (Lipinski definition) is 4. The van der Waals surface area contributed by atoms with Crippen molar-refractivity contribution in [2.45, 2.75) is 13.0 Å². The molecule has 2 aromatic rings. The van der Waals surface area contributed by atoms with Crippen LogP contribution in [-0.4, -0.2) is 28.1 Å². The Morgan fingerprint density at radius 2 is 1.95 bits per heavy atom. The molecule has 0 bridgehead atoms. The van der Waals surface area contributed by atoms with Crippen LogP contribution >= 0.6 is 0 Å². The summed E-state index contributed by atoms with van der Waals surface area (Å²) >= 11 is 0. The lowest BCUT2D eigenvalue weighted by molar-refractivity contribution is -0.122. The van der Waals surface area contributed by atoms with E-state index in [1.165, 1.54) is 18.5 Å². The Hall–Kier alpha value is -2.89. The molecule has 0 fully saturated rings. The molecule has 0 spiro atoms. The van der Waals surface area contributed by atoms with Crippen molar-refractivity contribution in [3.8, 4) is 5.75 Å². The summed E-state index contributed by atoms with van der Waals surface area (Å²) in [7, 11) is 0. The van der Waals surface area contributed by atoms with Crippen molar-refractivity contribution in [3.05, 3.63) is 54.4 Å². The van der Waals surface area contributed by atoms with Gasteiger partial charge >= 0.3 is 5.97 Å². The molecule has 0 aliphatic heterocycles. The molecule has 1 aromatic heterocycles. The van der Waals surface area contributed by atoms with Gasteiger partial charge < -0.3 is 15.2 Å². The van der Waals surface area contributed by atoms with E-state index in [1.807, 2.05) is 6.07 Å². The molecule has 2 rings (SSSR count). The maximum atomic E-state index is 12.0. The Labute approximate surface area is 121 Å². The summed E-state index contributed by atoms with van der Waals surface area (Å²) in [5.74, 6) is -0.909. The zero-order valence-corrected chi connectivity index (χ0v) is 11.3. The van der Waals surface area contributed by atoms with Crippen LogP contribution in [0.5, 0.6) is 5.75 Å². The molecule has 0 saturated heterocycles. The number of carbonyl (C=O) groups excluding carboxylic acids is 1. The monoisotopic (exact) mass is 286 g/mol. The van der Waals surface area contributed by atoms with Gasteiger partial charge in [0.1, 0.15) is 5.75 Å². The lowest BCUT2D eigenvalue weighted by Gasteiger charge is -2.14. The van der Waals surface area contributed by atoms with Gasteiger partial charge in [-0.25, -0.2) is 4.79 Å². The van der Waals surface area contributed by atoms with E-state index in [0.29, 0.717) is 11.4 Å². The number of carboxylic acids is 1. The number of amides is 1. The van der Waals surface area contributed by atoms with Gasteiger partial charge in [-0.1, -0.05) is 18.2 Å². The molecule has 0 aliphatic rings. The molecule has 0 aliphatic carbocycles. The van der Waals surface area contributed by atoms with E-state index < -0.39 is 12.1 Å². The second-order valence-electron chi connectivity index (χ2n) is 4.33. The van der Waals surface area contributed by atoms with Gasteiger partial charge in [0.05, 0.1) is 17.4 Å². The molecular weight excluding hydrogens is 272 g/mol. The number of aromatic nitrogens is 1. The summed E-state index contributed by atoms with van der Waals surface area (Å²) in [6, 6.07) is 10.3. The summed E-state index contributed by atoms with van der Waals surface area (Å²) in [4.78, 5) is 26.6. The average Bonchev–Trinajstić information content (AvgIpc) is 2.48. The summed E-state index contributed by atoms with van der Waals surface area (Å²) in [5.41, 5.74) is 0.313. The van der Waals surface area contributed by atoms with Crippen molar-refractivity contribution in [1.29, 1.82) is 0 Å². The predicted octanol–water partition coefficient (Wildman–Crippen LogP) is 2.19. The molecule has 1 unspecified atom stereocenters. The third-order valence-corrected chi connectivity index (χ3v) is 2.68. The summed E-state index contributed by atoms with van der Waals surface area (Å²) in [5, 5.41) is 11.4. The van der Waals surface area contributed by atoms with Gasteiger partial charge in [0, 0.05) is 6.20 Å². The molecule has 0 saturated carbocycles. The number of carbonyl (C=O) groups is 2. The summed E-state index contributed by atoms with van der Waals surface area (Å²) in [6.07, 6.45) is 1.86.